The zero-order chi connectivity index (χ0) is 11.0. The number of rotatable bonds is 2. The summed E-state index contributed by atoms with van der Waals surface area (Å²) in [7, 11) is 1.50. The minimum atomic E-state index is -0.393. The van der Waals surface area contributed by atoms with Gasteiger partial charge in [-0.25, -0.2) is 4.39 Å². The average Bonchev–Trinajstić information content (AvgIpc) is 2.24. The Bertz CT molecular complexity index is 318. The summed E-state index contributed by atoms with van der Waals surface area (Å²) in [5.74, 6) is -0.393. The summed E-state index contributed by atoms with van der Waals surface area (Å²) >= 11 is 0. The Balaban J connectivity index is 0.000000791. The number of hydrogen-bond acceptors (Lipinski definition) is 2. The van der Waals surface area contributed by atoms with E-state index in [0.717, 1.165) is 0 Å². The van der Waals surface area contributed by atoms with Gasteiger partial charge in [-0.3, -0.25) is 0 Å². The van der Waals surface area contributed by atoms with E-state index in [1.807, 2.05) is 19.9 Å². The second kappa shape index (κ2) is 7.05. The van der Waals surface area contributed by atoms with Crippen LogP contribution in [-0.4, -0.2) is 7.11 Å². The third-order valence-corrected chi connectivity index (χ3v) is 1.48. The van der Waals surface area contributed by atoms with Crippen LogP contribution in [0.3, 0.4) is 0 Å². The van der Waals surface area contributed by atoms with Gasteiger partial charge in [0.05, 0.1) is 18.2 Å². The van der Waals surface area contributed by atoms with Crippen molar-refractivity contribution in [3.8, 4) is 6.07 Å². The van der Waals surface area contributed by atoms with Gasteiger partial charge in [-0.1, -0.05) is 19.9 Å². The van der Waals surface area contributed by atoms with Crippen LogP contribution in [-0.2, 0) is 11.3 Å². The average molecular weight is 195 g/mol. The van der Waals surface area contributed by atoms with Gasteiger partial charge in [0.15, 0.2) is 0 Å². The van der Waals surface area contributed by atoms with Crippen LogP contribution in [0.25, 0.3) is 0 Å². The molecule has 0 aliphatic carbocycles. The second-order valence-electron chi connectivity index (χ2n) is 2.35. The second-order valence-corrected chi connectivity index (χ2v) is 2.35. The van der Waals surface area contributed by atoms with Crippen LogP contribution < -0.4 is 0 Å². The van der Waals surface area contributed by atoms with Crippen LogP contribution in [0, 0.1) is 17.1 Å². The van der Waals surface area contributed by atoms with Gasteiger partial charge in [-0.05, 0) is 12.1 Å². The van der Waals surface area contributed by atoms with Gasteiger partial charge < -0.3 is 4.74 Å². The molecule has 1 aromatic rings. The molecule has 0 N–H and O–H groups in total. The molecule has 0 amide bonds. The standard InChI is InChI=1S/C9H8FNO.C2H6/c1-12-6-8-3-2-7(5-11)4-9(8)10;1-2/h2-4H,6H2,1H3;1-2H3. The van der Waals surface area contributed by atoms with Crippen LogP contribution in [0.4, 0.5) is 4.39 Å². The molecule has 0 saturated heterocycles. The Hall–Kier alpha value is -1.40. The van der Waals surface area contributed by atoms with Gasteiger partial charge in [0, 0.05) is 12.7 Å². The summed E-state index contributed by atoms with van der Waals surface area (Å²) in [5, 5.41) is 8.43. The van der Waals surface area contributed by atoms with Crippen LogP contribution in [0.15, 0.2) is 18.2 Å². The van der Waals surface area contributed by atoms with Crippen molar-refractivity contribution in [2.75, 3.05) is 7.11 Å². The first-order chi connectivity index (χ1) is 6.77. The molecule has 0 atom stereocenters. The van der Waals surface area contributed by atoms with Gasteiger partial charge in [0.25, 0.3) is 0 Å². The van der Waals surface area contributed by atoms with E-state index in [-0.39, 0.29) is 6.61 Å². The molecule has 14 heavy (non-hydrogen) atoms. The van der Waals surface area contributed by atoms with Crippen LogP contribution in [0.1, 0.15) is 25.0 Å². The van der Waals surface area contributed by atoms with Gasteiger partial charge in [0.2, 0.25) is 0 Å². The molecule has 2 nitrogen and oxygen atoms in total. The Morgan fingerprint density at radius 1 is 1.43 bits per heavy atom. The van der Waals surface area contributed by atoms with Crippen LogP contribution >= 0.6 is 0 Å². The predicted octanol–water partition coefficient (Wildman–Crippen LogP) is 2.87. The maximum absolute atomic E-state index is 13.0. The fourth-order valence-electron chi connectivity index (χ4n) is 0.889. The van der Waals surface area contributed by atoms with Crippen molar-refractivity contribution >= 4 is 0 Å². The fourth-order valence-corrected chi connectivity index (χ4v) is 0.889. The lowest BCUT2D eigenvalue weighted by Gasteiger charge is -2.00. The molecule has 0 bridgehead atoms. The van der Waals surface area contributed by atoms with Crippen molar-refractivity contribution in [3.63, 3.8) is 0 Å². The number of benzene rings is 1. The summed E-state index contributed by atoms with van der Waals surface area (Å²) in [6, 6.07) is 6.18. The normalized spacial score (nSPS) is 8.50. The zero-order valence-corrected chi connectivity index (χ0v) is 8.67. The molecule has 0 heterocycles. The van der Waals surface area contributed by atoms with Crippen molar-refractivity contribution in [2.45, 2.75) is 20.5 Å². The third-order valence-electron chi connectivity index (χ3n) is 1.48. The lowest BCUT2D eigenvalue weighted by atomic mass is 10.1. The van der Waals surface area contributed by atoms with E-state index in [1.165, 1.54) is 13.2 Å². The number of halogens is 1. The highest BCUT2D eigenvalue weighted by Gasteiger charge is 2.01. The van der Waals surface area contributed by atoms with Crippen molar-refractivity contribution < 1.29 is 9.13 Å². The van der Waals surface area contributed by atoms with Crippen LogP contribution in [0.2, 0.25) is 0 Å². The Kier molecular flexibility index (Phi) is 6.34. The van der Waals surface area contributed by atoms with E-state index < -0.39 is 5.82 Å². The highest BCUT2D eigenvalue weighted by atomic mass is 19.1. The number of methoxy groups -OCH3 is 1. The number of nitrogens with zero attached hydrogens (tertiary/aromatic N) is 1. The maximum atomic E-state index is 13.0. The van der Waals surface area contributed by atoms with E-state index in [4.69, 9.17) is 10.00 Å². The molecule has 0 aliphatic rings. The molecule has 0 aromatic heterocycles. The van der Waals surface area contributed by atoms with E-state index in [1.54, 1.807) is 12.1 Å². The summed E-state index contributed by atoms with van der Waals surface area (Å²) in [6.07, 6.45) is 0. The Morgan fingerprint density at radius 2 is 2.07 bits per heavy atom. The van der Waals surface area contributed by atoms with Crippen molar-refractivity contribution in [1.29, 1.82) is 5.26 Å². The quantitative estimate of drug-likeness (QED) is 0.727. The first-order valence-electron chi connectivity index (χ1n) is 4.45. The fraction of sp³-hybridized carbons (Fsp3) is 0.364. The molecule has 0 spiro atoms. The maximum Gasteiger partial charge on any atom is 0.130 e. The smallest absolute Gasteiger partial charge is 0.130 e. The van der Waals surface area contributed by atoms with E-state index in [2.05, 4.69) is 0 Å². The minimum absolute atomic E-state index is 0.234. The molecule has 0 saturated carbocycles. The highest BCUT2D eigenvalue weighted by molar-refractivity contribution is 5.32. The Labute approximate surface area is 83.9 Å². The number of hydrogen-bond donors (Lipinski definition) is 0. The highest BCUT2D eigenvalue weighted by Crippen LogP contribution is 2.10. The molecular formula is C11H14FNO. The zero-order valence-electron chi connectivity index (χ0n) is 8.67. The molecule has 0 fully saturated rings. The monoisotopic (exact) mass is 195 g/mol. The summed E-state index contributed by atoms with van der Waals surface area (Å²) in [5.41, 5.74) is 0.795. The van der Waals surface area contributed by atoms with E-state index >= 15 is 0 Å². The van der Waals surface area contributed by atoms with Gasteiger partial charge in [0.1, 0.15) is 5.82 Å². The first kappa shape index (κ1) is 12.6. The molecule has 0 aliphatic heterocycles. The third kappa shape index (κ3) is 3.55. The topological polar surface area (TPSA) is 33.0 Å². The lowest BCUT2D eigenvalue weighted by molar-refractivity contribution is 0.181. The van der Waals surface area contributed by atoms with Gasteiger partial charge >= 0.3 is 0 Å². The summed E-state index contributed by atoms with van der Waals surface area (Å²) < 4.78 is 17.8. The molecule has 0 unspecified atom stereocenters. The summed E-state index contributed by atoms with van der Waals surface area (Å²) in [6.45, 7) is 4.23. The Morgan fingerprint density at radius 3 is 2.50 bits per heavy atom. The number of nitriles is 1. The van der Waals surface area contributed by atoms with Crippen molar-refractivity contribution in [3.05, 3.63) is 35.1 Å². The predicted molar refractivity (Wildman–Crippen MR) is 53.2 cm³/mol. The minimum Gasteiger partial charge on any atom is -0.380 e. The molecule has 3 heteroatoms. The number of ether oxygens (including phenoxy) is 1. The molecular weight excluding hydrogens is 181 g/mol. The van der Waals surface area contributed by atoms with E-state index in [9.17, 15) is 4.39 Å². The van der Waals surface area contributed by atoms with E-state index in [0.29, 0.717) is 11.1 Å². The van der Waals surface area contributed by atoms with Gasteiger partial charge in [-0.2, -0.15) is 5.26 Å². The molecule has 1 aromatic carbocycles. The van der Waals surface area contributed by atoms with Crippen molar-refractivity contribution in [2.24, 2.45) is 0 Å². The lowest BCUT2D eigenvalue weighted by Crippen LogP contribution is -1.92. The summed E-state index contributed by atoms with van der Waals surface area (Å²) in [4.78, 5) is 0. The molecule has 0 radical (unpaired) electrons. The van der Waals surface area contributed by atoms with Gasteiger partial charge in [-0.15, -0.1) is 0 Å². The SMILES string of the molecule is CC.COCc1ccc(C#N)cc1F. The molecule has 76 valence electrons. The largest absolute Gasteiger partial charge is 0.380 e. The van der Waals surface area contributed by atoms with Crippen molar-refractivity contribution in [1.82, 2.24) is 0 Å². The molecule has 1 rings (SSSR count). The first-order valence-corrected chi connectivity index (χ1v) is 4.45. The van der Waals surface area contributed by atoms with Crippen LogP contribution in [0.5, 0.6) is 0 Å².